The van der Waals surface area contributed by atoms with Crippen LogP contribution in [0, 0.1) is 0 Å². The minimum Gasteiger partial charge on any atom is -0.480 e. The third-order valence-electron chi connectivity index (χ3n) is 1.91. The number of carbonyl (C=O) groups excluding carboxylic acids is 2. The number of carboxylic acids is 1. The van der Waals surface area contributed by atoms with Crippen LogP contribution in [0.4, 0.5) is 0 Å². The van der Waals surface area contributed by atoms with Gasteiger partial charge in [-0.15, -0.1) is 0 Å². The number of hydrogen-bond acceptors (Lipinski definition) is 3. The molecule has 2 amide bonds. The highest BCUT2D eigenvalue weighted by molar-refractivity contribution is 5.92. The zero-order valence-electron chi connectivity index (χ0n) is 8.92. The SMILES string of the molecule is NC(=O)c1ccc[n+](CC(=O)NCC(=O)O)c1. The summed E-state index contributed by atoms with van der Waals surface area (Å²) in [4.78, 5) is 32.4. The van der Waals surface area contributed by atoms with Crippen LogP contribution in [0.3, 0.4) is 0 Å². The van der Waals surface area contributed by atoms with Crippen molar-refractivity contribution in [3.05, 3.63) is 30.1 Å². The first-order valence-electron chi connectivity index (χ1n) is 4.76. The van der Waals surface area contributed by atoms with Crippen LogP contribution < -0.4 is 15.6 Å². The Morgan fingerprint density at radius 3 is 2.71 bits per heavy atom. The summed E-state index contributed by atoms with van der Waals surface area (Å²) >= 11 is 0. The van der Waals surface area contributed by atoms with Crippen molar-refractivity contribution in [2.45, 2.75) is 6.54 Å². The third kappa shape index (κ3) is 4.29. The molecule has 0 aliphatic rings. The number of rotatable bonds is 5. The topological polar surface area (TPSA) is 113 Å². The lowest BCUT2D eigenvalue weighted by Crippen LogP contribution is -2.44. The number of nitrogens with zero attached hydrogens (tertiary/aromatic N) is 1. The summed E-state index contributed by atoms with van der Waals surface area (Å²) in [5.41, 5.74) is 5.36. The van der Waals surface area contributed by atoms with E-state index >= 15 is 0 Å². The van der Waals surface area contributed by atoms with Gasteiger partial charge in [0.2, 0.25) is 6.54 Å². The number of aliphatic carboxylic acids is 1. The van der Waals surface area contributed by atoms with E-state index in [2.05, 4.69) is 5.32 Å². The van der Waals surface area contributed by atoms with E-state index in [0.717, 1.165) is 0 Å². The van der Waals surface area contributed by atoms with Gasteiger partial charge in [0.15, 0.2) is 12.4 Å². The zero-order valence-corrected chi connectivity index (χ0v) is 8.92. The molecule has 0 atom stereocenters. The molecule has 1 rings (SSSR count). The summed E-state index contributed by atoms with van der Waals surface area (Å²) in [6, 6.07) is 3.10. The van der Waals surface area contributed by atoms with Gasteiger partial charge in [-0.05, 0) is 6.07 Å². The van der Waals surface area contributed by atoms with Crippen LogP contribution >= 0.6 is 0 Å². The third-order valence-corrected chi connectivity index (χ3v) is 1.91. The first kappa shape index (κ1) is 12.6. The van der Waals surface area contributed by atoms with Crippen LogP contribution in [-0.2, 0) is 16.1 Å². The van der Waals surface area contributed by atoms with Crippen LogP contribution in [0.1, 0.15) is 10.4 Å². The molecule has 1 aromatic heterocycles. The molecule has 0 saturated heterocycles. The van der Waals surface area contributed by atoms with Crippen molar-refractivity contribution >= 4 is 17.8 Å². The standard InChI is InChI=1S/C10H11N3O4/c11-10(17)7-2-1-3-13(5-7)6-8(14)12-4-9(15)16/h1-3,5H,4,6H2,(H3-,11,12,14,15,16,17)/p+1. The summed E-state index contributed by atoms with van der Waals surface area (Å²) in [5.74, 6) is -2.17. The summed E-state index contributed by atoms with van der Waals surface area (Å²) < 4.78 is 1.44. The van der Waals surface area contributed by atoms with Gasteiger partial charge in [-0.3, -0.25) is 14.4 Å². The predicted octanol–water partition coefficient (Wildman–Crippen LogP) is -1.73. The highest BCUT2D eigenvalue weighted by Crippen LogP contribution is 1.91. The maximum Gasteiger partial charge on any atom is 0.322 e. The second-order valence-corrected chi connectivity index (χ2v) is 3.30. The number of carboxylic acid groups (broad SMARTS) is 1. The second kappa shape index (κ2) is 5.59. The molecular weight excluding hydrogens is 226 g/mol. The fraction of sp³-hybridized carbons (Fsp3) is 0.200. The number of amides is 2. The summed E-state index contributed by atoms with van der Waals surface area (Å²) in [6.45, 7) is -0.511. The number of primary amides is 1. The number of nitrogens with two attached hydrogens (primary N) is 1. The van der Waals surface area contributed by atoms with E-state index in [1.54, 1.807) is 12.3 Å². The van der Waals surface area contributed by atoms with Gasteiger partial charge < -0.3 is 16.2 Å². The first-order chi connectivity index (χ1) is 7.99. The Bertz CT molecular complexity index is 459. The lowest BCUT2D eigenvalue weighted by atomic mass is 10.3. The molecule has 0 fully saturated rings. The molecule has 90 valence electrons. The molecule has 0 bridgehead atoms. The molecule has 0 aliphatic heterocycles. The fourth-order valence-electron chi connectivity index (χ4n) is 1.16. The molecule has 0 saturated carbocycles. The summed E-state index contributed by atoms with van der Waals surface area (Å²) in [5, 5.41) is 10.6. The lowest BCUT2D eigenvalue weighted by molar-refractivity contribution is -0.684. The molecule has 17 heavy (non-hydrogen) atoms. The molecule has 0 aliphatic carbocycles. The Hall–Kier alpha value is -2.44. The van der Waals surface area contributed by atoms with Gasteiger partial charge in [-0.2, -0.15) is 4.57 Å². The number of aromatic nitrogens is 1. The van der Waals surface area contributed by atoms with E-state index in [1.807, 2.05) is 0 Å². The molecule has 1 aromatic rings. The van der Waals surface area contributed by atoms with Gasteiger partial charge >= 0.3 is 5.97 Å². The molecule has 0 spiro atoms. The van der Waals surface area contributed by atoms with Gasteiger partial charge in [0.05, 0.1) is 0 Å². The largest absolute Gasteiger partial charge is 0.480 e. The highest BCUT2D eigenvalue weighted by Gasteiger charge is 2.12. The molecule has 7 heteroatoms. The second-order valence-electron chi connectivity index (χ2n) is 3.30. The zero-order chi connectivity index (χ0) is 12.8. The lowest BCUT2D eigenvalue weighted by Gasteiger charge is -1.99. The smallest absolute Gasteiger partial charge is 0.322 e. The van der Waals surface area contributed by atoms with E-state index in [0.29, 0.717) is 0 Å². The molecule has 4 N–H and O–H groups in total. The van der Waals surface area contributed by atoms with Gasteiger partial charge in [0, 0.05) is 6.07 Å². The van der Waals surface area contributed by atoms with E-state index in [-0.39, 0.29) is 12.1 Å². The van der Waals surface area contributed by atoms with Crippen LogP contribution in [0.2, 0.25) is 0 Å². The Morgan fingerprint density at radius 1 is 1.41 bits per heavy atom. The first-order valence-corrected chi connectivity index (χ1v) is 4.76. The van der Waals surface area contributed by atoms with Crippen molar-refractivity contribution in [3.63, 3.8) is 0 Å². The van der Waals surface area contributed by atoms with E-state index in [9.17, 15) is 14.4 Å². The monoisotopic (exact) mass is 238 g/mol. The van der Waals surface area contributed by atoms with Crippen molar-refractivity contribution in [2.24, 2.45) is 5.73 Å². The Labute approximate surface area is 96.9 Å². The van der Waals surface area contributed by atoms with Gasteiger partial charge in [-0.25, -0.2) is 0 Å². The van der Waals surface area contributed by atoms with Crippen molar-refractivity contribution in [1.82, 2.24) is 5.32 Å². The number of carbonyl (C=O) groups is 3. The Morgan fingerprint density at radius 2 is 2.12 bits per heavy atom. The number of hydrogen-bond donors (Lipinski definition) is 3. The molecule has 0 aromatic carbocycles. The van der Waals surface area contributed by atoms with Crippen molar-refractivity contribution in [3.8, 4) is 0 Å². The van der Waals surface area contributed by atoms with Gasteiger partial charge in [0.25, 0.3) is 11.8 Å². The van der Waals surface area contributed by atoms with Crippen LogP contribution in [-0.4, -0.2) is 29.4 Å². The van der Waals surface area contributed by atoms with Crippen LogP contribution in [0.5, 0.6) is 0 Å². The average Bonchev–Trinajstić information content (AvgIpc) is 2.26. The fourth-order valence-corrected chi connectivity index (χ4v) is 1.16. The van der Waals surface area contributed by atoms with Crippen molar-refractivity contribution in [2.75, 3.05) is 6.54 Å². The summed E-state index contributed by atoms with van der Waals surface area (Å²) in [7, 11) is 0. The highest BCUT2D eigenvalue weighted by atomic mass is 16.4. The van der Waals surface area contributed by atoms with Crippen molar-refractivity contribution < 1.29 is 24.1 Å². The van der Waals surface area contributed by atoms with Crippen LogP contribution in [0.25, 0.3) is 0 Å². The molecule has 1 heterocycles. The average molecular weight is 238 g/mol. The normalized spacial score (nSPS) is 9.65. The summed E-state index contributed by atoms with van der Waals surface area (Å²) in [6.07, 6.45) is 3.00. The van der Waals surface area contributed by atoms with Crippen molar-refractivity contribution in [1.29, 1.82) is 0 Å². The van der Waals surface area contributed by atoms with E-state index < -0.39 is 24.3 Å². The molecular formula is C10H12N3O4+. The molecule has 0 unspecified atom stereocenters. The quantitative estimate of drug-likeness (QED) is 0.529. The predicted molar refractivity (Wildman–Crippen MR) is 55.8 cm³/mol. The van der Waals surface area contributed by atoms with Gasteiger partial charge in [0.1, 0.15) is 12.1 Å². The maximum atomic E-state index is 11.3. The Balaban J connectivity index is 2.62. The molecule has 0 radical (unpaired) electrons. The molecule has 7 nitrogen and oxygen atoms in total. The van der Waals surface area contributed by atoms with Gasteiger partial charge in [-0.1, -0.05) is 0 Å². The minimum absolute atomic E-state index is 0.0750. The minimum atomic E-state index is -1.12. The maximum absolute atomic E-state index is 11.3. The van der Waals surface area contributed by atoms with Crippen LogP contribution in [0.15, 0.2) is 24.5 Å². The van der Waals surface area contributed by atoms with E-state index in [1.165, 1.54) is 16.8 Å². The number of nitrogens with one attached hydrogen (secondary N) is 1. The Kier molecular flexibility index (Phi) is 4.15. The number of pyridine rings is 1. The van der Waals surface area contributed by atoms with E-state index in [4.69, 9.17) is 10.8 Å².